The van der Waals surface area contributed by atoms with Gasteiger partial charge in [0.1, 0.15) is 0 Å². The van der Waals surface area contributed by atoms with E-state index in [1.807, 2.05) is 26.1 Å². The van der Waals surface area contributed by atoms with Crippen LogP contribution in [0.25, 0.3) is 0 Å². The maximum atomic E-state index is 12.9. The fourth-order valence-corrected chi connectivity index (χ4v) is 4.18. The van der Waals surface area contributed by atoms with E-state index in [2.05, 4.69) is 22.1 Å². The van der Waals surface area contributed by atoms with Crippen LogP contribution < -0.4 is 0 Å². The number of aliphatic hydroxyl groups excluding tert-OH is 1. The minimum atomic E-state index is -0.944. The van der Waals surface area contributed by atoms with Crippen LogP contribution in [-0.4, -0.2) is 85.8 Å². The van der Waals surface area contributed by atoms with Crippen molar-refractivity contribution in [1.29, 1.82) is 0 Å². The Balaban J connectivity index is 1.75. The van der Waals surface area contributed by atoms with E-state index < -0.39 is 5.97 Å². The number of carboxylic acids is 1. The summed E-state index contributed by atoms with van der Waals surface area (Å²) in [5.74, 6) is -0.917. The molecule has 10 heteroatoms. The summed E-state index contributed by atoms with van der Waals surface area (Å²) in [5, 5.41) is 27.0. The molecular formula is C24H35N5O5. The van der Waals surface area contributed by atoms with Gasteiger partial charge in [0.05, 0.1) is 42.8 Å². The zero-order valence-corrected chi connectivity index (χ0v) is 20.1. The Morgan fingerprint density at radius 1 is 1.32 bits per heavy atom. The largest absolute Gasteiger partial charge is 0.478 e. The highest BCUT2D eigenvalue weighted by Crippen LogP contribution is 2.19. The van der Waals surface area contributed by atoms with Crippen LogP contribution in [0.15, 0.2) is 30.5 Å². The van der Waals surface area contributed by atoms with E-state index in [1.165, 1.54) is 0 Å². The number of carbonyl (C=O) groups excluding carboxylic acids is 1. The molecule has 2 N–H and O–H groups in total. The third-order valence-electron chi connectivity index (χ3n) is 6.28. The number of carboxylic acid groups (broad SMARTS) is 1. The second kappa shape index (κ2) is 12.0. The van der Waals surface area contributed by atoms with E-state index in [0.717, 1.165) is 11.3 Å². The Morgan fingerprint density at radius 3 is 2.74 bits per heavy atom. The Labute approximate surface area is 200 Å². The number of ether oxygens (including phenoxy) is 1. The van der Waals surface area contributed by atoms with Crippen LogP contribution in [0.1, 0.15) is 48.3 Å². The van der Waals surface area contributed by atoms with E-state index in [0.29, 0.717) is 45.6 Å². The molecule has 34 heavy (non-hydrogen) atoms. The first-order valence-electron chi connectivity index (χ1n) is 11.7. The van der Waals surface area contributed by atoms with Gasteiger partial charge in [0, 0.05) is 38.5 Å². The van der Waals surface area contributed by atoms with Crippen molar-refractivity contribution in [3.63, 3.8) is 0 Å². The van der Waals surface area contributed by atoms with Crippen LogP contribution in [0.2, 0.25) is 0 Å². The molecule has 1 amide bonds. The summed E-state index contributed by atoms with van der Waals surface area (Å²) in [4.78, 5) is 27.9. The average Bonchev–Trinajstić information content (AvgIpc) is 3.26. The topological polar surface area (TPSA) is 121 Å². The van der Waals surface area contributed by atoms with Crippen LogP contribution >= 0.6 is 0 Å². The molecule has 1 aromatic heterocycles. The van der Waals surface area contributed by atoms with Crippen molar-refractivity contribution in [2.75, 3.05) is 26.7 Å². The molecule has 0 bridgehead atoms. The first-order chi connectivity index (χ1) is 16.3. The van der Waals surface area contributed by atoms with Crippen LogP contribution in [0, 0.1) is 5.92 Å². The quantitative estimate of drug-likeness (QED) is 0.623. The molecule has 0 fully saturated rings. The van der Waals surface area contributed by atoms with Gasteiger partial charge in [-0.1, -0.05) is 24.3 Å². The van der Waals surface area contributed by atoms with Crippen LogP contribution in [0.4, 0.5) is 0 Å². The van der Waals surface area contributed by atoms with Crippen molar-refractivity contribution in [2.45, 2.75) is 58.5 Å². The van der Waals surface area contributed by atoms with E-state index >= 15 is 0 Å². The first kappa shape index (κ1) is 25.8. The zero-order valence-electron chi connectivity index (χ0n) is 20.1. The van der Waals surface area contributed by atoms with Crippen LogP contribution in [-0.2, 0) is 29.2 Å². The molecule has 0 aliphatic carbocycles. The second-order valence-corrected chi connectivity index (χ2v) is 9.16. The number of nitrogens with zero attached hydrogens (tertiary/aromatic N) is 5. The van der Waals surface area contributed by atoms with Gasteiger partial charge in [-0.15, -0.1) is 5.10 Å². The Bertz CT molecular complexity index is 947. The number of aliphatic hydroxyl groups is 1. The van der Waals surface area contributed by atoms with Gasteiger partial charge in [-0.2, -0.15) is 0 Å². The molecule has 2 heterocycles. The number of hydrogen-bond donors (Lipinski definition) is 2. The summed E-state index contributed by atoms with van der Waals surface area (Å²) in [5.41, 5.74) is 2.13. The van der Waals surface area contributed by atoms with Gasteiger partial charge in [-0.05, 0) is 38.1 Å². The summed E-state index contributed by atoms with van der Waals surface area (Å²) in [6.45, 7) is 6.50. The number of benzene rings is 1. The molecule has 1 aromatic carbocycles. The number of rotatable bonds is 7. The minimum absolute atomic E-state index is 0.0125. The number of carbonyl (C=O) groups is 2. The highest BCUT2D eigenvalue weighted by Gasteiger charge is 2.28. The lowest BCUT2D eigenvalue weighted by Gasteiger charge is -2.35. The molecule has 1 aliphatic heterocycles. The predicted molar refractivity (Wildman–Crippen MR) is 125 cm³/mol. The first-order valence-corrected chi connectivity index (χ1v) is 11.7. The van der Waals surface area contributed by atoms with Gasteiger partial charge < -0.3 is 19.8 Å². The molecule has 2 aromatic rings. The number of aryl methyl sites for hydroxylation is 1. The second-order valence-electron chi connectivity index (χ2n) is 9.16. The van der Waals surface area contributed by atoms with Crippen molar-refractivity contribution in [3.05, 3.63) is 47.3 Å². The van der Waals surface area contributed by atoms with Gasteiger partial charge in [-0.25, -0.2) is 9.48 Å². The fraction of sp³-hybridized carbons (Fsp3) is 0.583. The molecule has 0 unspecified atom stereocenters. The van der Waals surface area contributed by atoms with Gasteiger partial charge in [0.25, 0.3) is 0 Å². The maximum absolute atomic E-state index is 12.9. The summed E-state index contributed by atoms with van der Waals surface area (Å²) in [7, 11) is 1.99. The summed E-state index contributed by atoms with van der Waals surface area (Å²) >= 11 is 0. The maximum Gasteiger partial charge on any atom is 0.335 e. The summed E-state index contributed by atoms with van der Waals surface area (Å²) in [6.07, 6.45) is 2.54. The molecule has 10 nitrogen and oxygen atoms in total. The van der Waals surface area contributed by atoms with Crippen LogP contribution in [0.5, 0.6) is 0 Å². The Morgan fingerprint density at radius 2 is 2.06 bits per heavy atom. The molecule has 0 spiro atoms. The normalized spacial score (nSPS) is 21.0. The average molecular weight is 474 g/mol. The number of amides is 1. The minimum Gasteiger partial charge on any atom is -0.478 e. The zero-order chi connectivity index (χ0) is 24.7. The molecular weight excluding hydrogens is 438 g/mol. The van der Waals surface area contributed by atoms with Gasteiger partial charge in [0.15, 0.2) is 0 Å². The molecule has 3 atom stereocenters. The number of fused-ring (bicyclic) bond motifs is 1. The summed E-state index contributed by atoms with van der Waals surface area (Å²) < 4.78 is 8.13. The van der Waals surface area contributed by atoms with E-state index in [1.54, 1.807) is 27.9 Å². The highest BCUT2D eigenvalue weighted by molar-refractivity contribution is 5.87. The molecule has 3 rings (SSSR count). The van der Waals surface area contributed by atoms with Crippen molar-refractivity contribution in [1.82, 2.24) is 24.8 Å². The molecule has 1 aliphatic rings. The lowest BCUT2D eigenvalue weighted by Crippen LogP contribution is -2.47. The number of likely N-dealkylation sites (N-methyl/N-ethyl adjacent to an activating group) is 1. The lowest BCUT2D eigenvalue weighted by molar-refractivity contribution is -0.136. The predicted octanol–water partition coefficient (Wildman–Crippen LogP) is 1.63. The number of aromatic nitrogens is 3. The van der Waals surface area contributed by atoms with Crippen molar-refractivity contribution in [3.8, 4) is 0 Å². The van der Waals surface area contributed by atoms with Crippen molar-refractivity contribution < 1.29 is 24.5 Å². The highest BCUT2D eigenvalue weighted by atomic mass is 16.5. The van der Waals surface area contributed by atoms with Gasteiger partial charge >= 0.3 is 5.97 Å². The van der Waals surface area contributed by atoms with Crippen molar-refractivity contribution >= 4 is 11.9 Å². The number of hydrogen-bond acceptors (Lipinski definition) is 7. The number of aromatic carboxylic acids is 1. The van der Waals surface area contributed by atoms with E-state index in [4.69, 9.17) is 9.84 Å². The Hall–Kier alpha value is -2.82. The van der Waals surface area contributed by atoms with E-state index in [-0.39, 0.29) is 36.1 Å². The lowest BCUT2D eigenvalue weighted by atomic mass is 10.0. The third kappa shape index (κ3) is 6.85. The molecule has 0 radical (unpaired) electrons. The van der Waals surface area contributed by atoms with Crippen LogP contribution in [0.3, 0.4) is 0 Å². The standard InChI is InChI=1S/C24H35N5O5/c1-17-12-28(18(2)15-30)23(31)5-4-10-29-21(11-25-26-29)16-34-22(17)14-27(3)13-19-6-8-20(9-7-19)24(32)33/h6-9,11,17-18,22,30H,4-5,10,12-16H2,1-3H3,(H,32,33)/t17-,18+,22-/m0/s1. The van der Waals surface area contributed by atoms with Gasteiger partial charge in [-0.3, -0.25) is 9.69 Å². The SMILES string of the molecule is C[C@H](CO)N1C[C@H](C)[C@H](CN(C)Cc2ccc(C(=O)O)cc2)OCc2cnnn2CCCC1=O. The third-order valence-corrected chi connectivity index (χ3v) is 6.28. The van der Waals surface area contributed by atoms with Gasteiger partial charge in [0.2, 0.25) is 5.91 Å². The molecule has 0 saturated carbocycles. The Kier molecular flexibility index (Phi) is 9.14. The monoisotopic (exact) mass is 473 g/mol. The summed E-state index contributed by atoms with van der Waals surface area (Å²) in [6, 6.07) is 6.58. The fourth-order valence-electron chi connectivity index (χ4n) is 4.18. The smallest absolute Gasteiger partial charge is 0.335 e. The molecule has 186 valence electrons. The molecule has 0 saturated heterocycles. The van der Waals surface area contributed by atoms with E-state index in [9.17, 15) is 14.7 Å². The van der Waals surface area contributed by atoms with Crippen molar-refractivity contribution in [2.24, 2.45) is 5.92 Å².